The van der Waals surface area contributed by atoms with E-state index in [2.05, 4.69) is 25.7 Å². The van der Waals surface area contributed by atoms with Crippen molar-refractivity contribution in [3.8, 4) is 5.75 Å². The summed E-state index contributed by atoms with van der Waals surface area (Å²) in [5.41, 5.74) is -1.05. The molecular weight excluding hydrogens is 520 g/mol. The number of aromatic nitrogens is 1. The molecule has 3 N–H and O–H groups in total. The molecule has 2 amide bonds. The quantitative estimate of drug-likeness (QED) is 0.379. The zero-order valence-electron chi connectivity index (χ0n) is 20.9. The van der Waals surface area contributed by atoms with Crippen LogP contribution in [0.3, 0.4) is 0 Å². The lowest BCUT2D eigenvalue weighted by molar-refractivity contribution is 0.0476. The molecule has 202 valence electrons. The second-order valence-corrected chi connectivity index (χ2v) is 10.9. The molecule has 0 saturated heterocycles. The highest BCUT2D eigenvalue weighted by Gasteiger charge is 2.67. The van der Waals surface area contributed by atoms with Gasteiger partial charge in [0.15, 0.2) is 11.4 Å². The van der Waals surface area contributed by atoms with Crippen LogP contribution in [-0.2, 0) is 6.54 Å². The van der Waals surface area contributed by atoms with Gasteiger partial charge in [0.05, 0.1) is 12.1 Å². The number of halogens is 3. The Labute approximate surface area is 222 Å². The molecular formula is C27H28ClF2N3O5. The summed E-state index contributed by atoms with van der Waals surface area (Å²) in [6, 6.07) is 1.26. The third-order valence-electron chi connectivity index (χ3n) is 8.84. The molecule has 0 spiro atoms. The van der Waals surface area contributed by atoms with Crippen molar-refractivity contribution in [1.29, 1.82) is 0 Å². The van der Waals surface area contributed by atoms with E-state index < -0.39 is 51.3 Å². The smallest absolute Gasteiger partial charge is 0.275 e. The number of benzene rings is 1. The topological polar surface area (TPSA) is 112 Å². The van der Waals surface area contributed by atoms with Crippen LogP contribution >= 0.6 is 11.6 Å². The van der Waals surface area contributed by atoms with Crippen molar-refractivity contribution < 1.29 is 28.6 Å². The number of nitrogens with one attached hydrogen (secondary N) is 1. The maximum absolute atomic E-state index is 14.3. The number of aliphatic hydroxyl groups is 1. The maximum atomic E-state index is 14.3. The Balaban J connectivity index is 1.53. The minimum absolute atomic E-state index is 0.0904. The number of hydrogen-bond acceptors (Lipinski definition) is 5. The van der Waals surface area contributed by atoms with Gasteiger partial charge >= 0.3 is 0 Å². The highest BCUT2D eigenvalue weighted by atomic mass is 35.5. The van der Waals surface area contributed by atoms with E-state index in [9.17, 15) is 33.4 Å². The Morgan fingerprint density at radius 2 is 2.03 bits per heavy atom. The summed E-state index contributed by atoms with van der Waals surface area (Å²) in [4.78, 5) is 41.2. The SMILES string of the molecule is C=C1C2[C@@H](C[C@@H]3[C@H](C)[C@]13C)n1cc(C(=O)NCc3ccc(F)c(Cl)c3F)c(=O)c(O)c1C(=O)N2CCCO. The molecule has 38 heavy (non-hydrogen) atoms. The van der Waals surface area contributed by atoms with Gasteiger partial charge in [-0.15, -0.1) is 0 Å². The zero-order chi connectivity index (χ0) is 27.7. The predicted octanol–water partition coefficient (Wildman–Crippen LogP) is 3.40. The lowest BCUT2D eigenvalue weighted by atomic mass is 9.76. The van der Waals surface area contributed by atoms with E-state index in [4.69, 9.17) is 11.6 Å². The first-order chi connectivity index (χ1) is 17.9. The van der Waals surface area contributed by atoms with Crippen LogP contribution in [0.25, 0.3) is 0 Å². The molecule has 8 nitrogen and oxygen atoms in total. The van der Waals surface area contributed by atoms with E-state index in [-0.39, 0.29) is 48.3 Å². The second-order valence-electron chi connectivity index (χ2n) is 10.5. The van der Waals surface area contributed by atoms with E-state index in [1.807, 2.05) is 0 Å². The molecule has 2 heterocycles. The maximum Gasteiger partial charge on any atom is 0.275 e. The number of hydrogen-bond donors (Lipinski definition) is 3. The Kier molecular flexibility index (Phi) is 6.38. The molecule has 1 aliphatic heterocycles. The number of rotatable bonds is 6. The average Bonchev–Trinajstić information content (AvgIpc) is 3.44. The Morgan fingerprint density at radius 3 is 2.71 bits per heavy atom. The normalized spacial score (nSPS) is 27.5. The molecule has 2 aromatic rings. The molecule has 1 aromatic heterocycles. The number of aliphatic hydroxyl groups excluding tert-OH is 1. The average molecular weight is 548 g/mol. The number of nitrogens with zero attached hydrogens (tertiary/aromatic N) is 2. The van der Waals surface area contributed by atoms with Crippen LogP contribution < -0.4 is 10.7 Å². The van der Waals surface area contributed by atoms with Gasteiger partial charge in [0.2, 0.25) is 5.43 Å². The molecule has 1 aromatic carbocycles. The monoisotopic (exact) mass is 547 g/mol. The van der Waals surface area contributed by atoms with E-state index >= 15 is 0 Å². The van der Waals surface area contributed by atoms with Crippen molar-refractivity contribution in [2.24, 2.45) is 17.3 Å². The fourth-order valence-electron chi connectivity index (χ4n) is 6.39. The third kappa shape index (κ3) is 3.68. The molecule has 11 heteroatoms. The molecule has 2 saturated carbocycles. The van der Waals surface area contributed by atoms with Crippen molar-refractivity contribution in [3.63, 3.8) is 0 Å². The van der Waals surface area contributed by atoms with Crippen LogP contribution in [0.4, 0.5) is 8.78 Å². The lowest BCUT2D eigenvalue weighted by Gasteiger charge is -2.48. The van der Waals surface area contributed by atoms with Crippen molar-refractivity contribution in [2.75, 3.05) is 13.2 Å². The van der Waals surface area contributed by atoms with Gasteiger partial charge in [0.1, 0.15) is 22.2 Å². The summed E-state index contributed by atoms with van der Waals surface area (Å²) >= 11 is 5.60. The van der Waals surface area contributed by atoms with Gasteiger partial charge in [0.25, 0.3) is 11.8 Å². The summed E-state index contributed by atoms with van der Waals surface area (Å²) < 4.78 is 29.3. The van der Waals surface area contributed by atoms with Gasteiger partial charge in [-0.1, -0.05) is 38.1 Å². The lowest BCUT2D eigenvalue weighted by Crippen LogP contribution is -2.55. The van der Waals surface area contributed by atoms with Crippen molar-refractivity contribution >= 4 is 23.4 Å². The first kappa shape index (κ1) is 26.4. The van der Waals surface area contributed by atoms with E-state index in [1.54, 1.807) is 4.90 Å². The van der Waals surface area contributed by atoms with E-state index in [0.717, 1.165) is 17.7 Å². The number of fused-ring (bicyclic) bond motifs is 4. The molecule has 2 aliphatic carbocycles. The van der Waals surface area contributed by atoms with Crippen LogP contribution in [0, 0.1) is 28.9 Å². The first-order valence-electron chi connectivity index (χ1n) is 12.4. The molecule has 1 unspecified atom stereocenters. The van der Waals surface area contributed by atoms with Crippen molar-refractivity contribution in [3.05, 3.63) is 74.2 Å². The van der Waals surface area contributed by atoms with E-state index in [0.29, 0.717) is 18.8 Å². The highest BCUT2D eigenvalue weighted by molar-refractivity contribution is 6.30. The number of pyridine rings is 1. The van der Waals surface area contributed by atoms with Gasteiger partial charge in [-0.3, -0.25) is 14.4 Å². The molecule has 2 fully saturated rings. The highest BCUT2D eigenvalue weighted by Crippen LogP contribution is 2.70. The van der Waals surface area contributed by atoms with Crippen molar-refractivity contribution in [2.45, 2.75) is 45.3 Å². The fraction of sp³-hybridized carbons (Fsp3) is 0.444. The van der Waals surface area contributed by atoms with Crippen LogP contribution in [0.15, 0.2) is 35.3 Å². The summed E-state index contributed by atoms with van der Waals surface area (Å²) in [5.74, 6) is -3.70. The Bertz CT molecular complexity index is 1440. The van der Waals surface area contributed by atoms with Gasteiger partial charge in [-0.25, -0.2) is 8.78 Å². The van der Waals surface area contributed by atoms with Crippen LogP contribution in [0.5, 0.6) is 5.75 Å². The predicted molar refractivity (Wildman–Crippen MR) is 135 cm³/mol. The second kappa shape index (κ2) is 9.20. The Hall–Kier alpha value is -3.24. The van der Waals surface area contributed by atoms with Gasteiger partial charge in [-0.05, 0) is 41.7 Å². The summed E-state index contributed by atoms with van der Waals surface area (Å²) in [6.07, 6.45) is 2.22. The molecule has 5 atom stereocenters. The largest absolute Gasteiger partial charge is 0.503 e. The summed E-state index contributed by atoms with van der Waals surface area (Å²) in [6.45, 7) is 8.27. The van der Waals surface area contributed by atoms with Crippen LogP contribution in [0.2, 0.25) is 5.02 Å². The van der Waals surface area contributed by atoms with Crippen LogP contribution in [0.1, 0.15) is 59.1 Å². The van der Waals surface area contributed by atoms with Gasteiger partial charge < -0.3 is 25.0 Å². The minimum Gasteiger partial charge on any atom is -0.503 e. The minimum atomic E-state index is -1.04. The van der Waals surface area contributed by atoms with Gasteiger partial charge in [-0.2, -0.15) is 0 Å². The molecule has 0 bridgehead atoms. The number of carbonyl (C=O) groups excluding carboxylic acids is 2. The van der Waals surface area contributed by atoms with Gasteiger partial charge in [0, 0.05) is 31.5 Å². The Morgan fingerprint density at radius 1 is 1.32 bits per heavy atom. The third-order valence-corrected chi connectivity index (χ3v) is 9.19. The van der Waals surface area contributed by atoms with E-state index in [1.165, 1.54) is 10.8 Å². The number of amides is 2. The summed E-state index contributed by atoms with van der Waals surface area (Å²) in [5, 5.41) is 22.0. The number of aromatic hydroxyl groups is 1. The van der Waals surface area contributed by atoms with Crippen LogP contribution in [-0.4, -0.2) is 50.7 Å². The molecule has 3 aliphatic rings. The fourth-order valence-corrected chi connectivity index (χ4v) is 6.57. The standard InChI is InChI=1S/C27H28ClF2N3O5/c1-12-16-9-18-21(13(2)27(12,16)3)32(7-4-8-34)26(38)22-24(36)23(35)15(11-33(18)22)25(37)31-10-14-5-6-17(29)19(28)20(14)30/h5-6,11-12,16,18,21,34,36H,2,4,7-10H2,1,3H3,(H,31,37)/t12-,16+,18+,21?,27+/m0/s1. The first-order valence-corrected chi connectivity index (χ1v) is 12.8. The zero-order valence-corrected chi connectivity index (χ0v) is 21.7. The number of carbonyl (C=O) groups is 2. The summed E-state index contributed by atoms with van der Waals surface area (Å²) in [7, 11) is 0. The van der Waals surface area contributed by atoms with Crippen molar-refractivity contribution in [1.82, 2.24) is 14.8 Å². The molecule has 5 rings (SSSR count). The molecule has 0 radical (unpaired) electrons.